The van der Waals surface area contributed by atoms with Gasteiger partial charge >= 0.3 is 5.97 Å². The standard InChI is InChI=1S/C16H22FNO3/c1-5-21-15(19)10-18(9-11(2)3)16(20)14-7-6-13(17)8-12(14)4/h6-8,11H,5,9-10H2,1-4H3. The number of amides is 1. The van der Waals surface area contributed by atoms with Gasteiger partial charge in [0.15, 0.2) is 0 Å². The highest BCUT2D eigenvalue weighted by Gasteiger charge is 2.21. The number of hydrogen-bond donors (Lipinski definition) is 0. The minimum atomic E-state index is -0.439. The summed E-state index contributed by atoms with van der Waals surface area (Å²) in [5.74, 6) is -0.894. The van der Waals surface area contributed by atoms with E-state index in [2.05, 4.69) is 0 Å². The van der Waals surface area contributed by atoms with Crippen LogP contribution in [-0.2, 0) is 9.53 Å². The first-order valence-electron chi connectivity index (χ1n) is 7.06. The third-order valence-electron chi connectivity index (χ3n) is 2.92. The molecule has 21 heavy (non-hydrogen) atoms. The summed E-state index contributed by atoms with van der Waals surface area (Å²) >= 11 is 0. The Bertz CT molecular complexity index is 514. The number of benzene rings is 1. The predicted molar refractivity (Wildman–Crippen MR) is 78.5 cm³/mol. The first kappa shape index (κ1) is 17.1. The van der Waals surface area contributed by atoms with Crippen molar-refractivity contribution in [3.8, 4) is 0 Å². The Kier molecular flexibility index (Phi) is 6.34. The second kappa shape index (κ2) is 7.76. The van der Waals surface area contributed by atoms with Crippen LogP contribution in [0.4, 0.5) is 4.39 Å². The maximum absolute atomic E-state index is 13.1. The molecule has 0 aliphatic heterocycles. The quantitative estimate of drug-likeness (QED) is 0.758. The Morgan fingerprint density at radius 1 is 1.33 bits per heavy atom. The topological polar surface area (TPSA) is 46.6 Å². The fraction of sp³-hybridized carbons (Fsp3) is 0.500. The third kappa shape index (κ3) is 5.17. The Morgan fingerprint density at radius 3 is 2.52 bits per heavy atom. The molecular weight excluding hydrogens is 273 g/mol. The van der Waals surface area contributed by atoms with Crippen LogP contribution in [0.25, 0.3) is 0 Å². The Morgan fingerprint density at radius 2 is 2.00 bits per heavy atom. The number of esters is 1. The van der Waals surface area contributed by atoms with Crippen molar-refractivity contribution >= 4 is 11.9 Å². The molecule has 0 atom stereocenters. The lowest BCUT2D eigenvalue weighted by atomic mass is 10.1. The van der Waals surface area contributed by atoms with E-state index in [-0.39, 0.29) is 30.8 Å². The van der Waals surface area contributed by atoms with Crippen molar-refractivity contribution in [2.45, 2.75) is 27.7 Å². The molecule has 5 heteroatoms. The molecule has 0 unspecified atom stereocenters. The molecule has 1 amide bonds. The summed E-state index contributed by atoms with van der Waals surface area (Å²) in [7, 11) is 0. The van der Waals surface area contributed by atoms with Crippen molar-refractivity contribution in [2.24, 2.45) is 5.92 Å². The molecule has 0 heterocycles. The van der Waals surface area contributed by atoms with Crippen molar-refractivity contribution in [1.82, 2.24) is 4.90 Å². The van der Waals surface area contributed by atoms with Crippen molar-refractivity contribution < 1.29 is 18.7 Å². The molecular formula is C16H22FNO3. The van der Waals surface area contributed by atoms with Gasteiger partial charge < -0.3 is 9.64 Å². The molecule has 0 bridgehead atoms. The lowest BCUT2D eigenvalue weighted by Crippen LogP contribution is -2.39. The first-order chi connectivity index (χ1) is 9.85. The maximum atomic E-state index is 13.1. The van der Waals surface area contributed by atoms with Gasteiger partial charge in [-0.2, -0.15) is 0 Å². The summed E-state index contributed by atoms with van der Waals surface area (Å²) in [6, 6.07) is 4.01. The maximum Gasteiger partial charge on any atom is 0.325 e. The van der Waals surface area contributed by atoms with Crippen molar-refractivity contribution in [1.29, 1.82) is 0 Å². The summed E-state index contributed by atoms with van der Waals surface area (Å²) < 4.78 is 18.0. The highest BCUT2D eigenvalue weighted by molar-refractivity contribution is 5.97. The summed E-state index contributed by atoms with van der Waals surface area (Å²) in [6.45, 7) is 7.94. The smallest absolute Gasteiger partial charge is 0.325 e. The van der Waals surface area contributed by atoms with E-state index in [1.807, 2.05) is 13.8 Å². The fourth-order valence-corrected chi connectivity index (χ4v) is 2.06. The number of ether oxygens (including phenoxy) is 1. The van der Waals surface area contributed by atoms with Crippen LogP contribution < -0.4 is 0 Å². The molecule has 1 aromatic rings. The van der Waals surface area contributed by atoms with E-state index in [0.717, 1.165) is 0 Å². The second-order valence-electron chi connectivity index (χ2n) is 5.34. The van der Waals surface area contributed by atoms with Gasteiger partial charge in [0.25, 0.3) is 5.91 Å². The molecule has 0 radical (unpaired) electrons. The van der Waals surface area contributed by atoms with E-state index in [0.29, 0.717) is 17.7 Å². The van der Waals surface area contributed by atoms with E-state index in [9.17, 15) is 14.0 Å². The minimum absolute atomic E-state index is 0.0956. The van der Waals surface area contributed by atoms with Gasteiger partial charge in [0.05, 0.1) is 6.61 Å². The van der Waals surface area contributed by atoms with Crippen LogP contribution >= 0.6 is 0 Å². The van der Waals surface area contributed by atoms with E-state index >= 15 is 0 Å². The fourth-order valence-electron chi connectivity index (χ4n) is 2.06. The van der Waals surface area contributed by atoms with Crippen LogP contribution in [-0.4, -0.2) is 36.5 Å². The lowest BCUT2D eigenvalue weighted by Gasteiger charge is -2.24. The van der Waals surface area contributed by atoms with Crippen molar-refractivity contribution in [3.63, 3.8) is 0 Å². The number of hydrogen-bond acceptors (Lipinski definition) is 3. The zero-order chi connectivity index (χ0) is 16.0. The van der Waals surface area contributed by atoms with E-state index < -0.39 is 5.97 Å². The van der Waals surface area contributed by atoms with E-state index in [4.69, 9.17) is 4.74 Å². The molecule has 0 fully saturated rings. The molecule has 0 aliphatic rings. The Balaban J connectivity index is 2.95. The molecule has 0 saturated carbocycles. The zero-order valence-electron chi connectivity index (χ0n) is 13.0. The average Bonchev–Trinajstić information content (AvgIpc) is 2.37. The van der Waals surface area contributed by atoms with E-state index in [1.54, 1.807) is 13.8 Å². The Hall–Kier alpha value is -1.91. The van der Waals surface area contributed by atoms with Gasteiger partial charge in [0.1, 0.15) is 12.4 Å². The van der Waals surface area contributed by atoms with Gasteiger partial charge in [0.2, 0.25) is 0 Å². The highest BCUT2D eigenvalue weighted by Crippen LogP contribution is 2.14. The van der Waals surface area contributed by atoms with Crippen molar-refractivity contribution in [2.75, 3.05) is 19.7 Å². The van der Waals surface area contributed by atoms with Gasteiger partial charge in [-0.15, -0.1) is 0 Å². The van der Waals surface area contributed by atoms with Gasteiger partial charge in [0, 0.05) is 12.1 Å². The van der Waals surface area contributed by atoms with Crippen LogP contribution in [0.5, 0.6) is 0 Å². The predicted octanol–water partition coefficient (Wildman–Crippen LogP) is 2.80. The van der Waals surface area contributed by atoms with Gasteiger partial charge in [-0.3, -0.25) is 9.59 Å². The van der Waals surface area contributed by atoms with Gasteiger partial charge in [-0.1, -0.05) is 13.8 Å². The van der Waals surface area contributed by atoms with Crippen LogP contribution in [0.3, 0.4) is 0 Å². The zero-order valence-corrected chi connectivity index (χ0v) is 13.0. The summed E-state index contributed by atoms with van der Waals surface area (Å²) in [6.07, 6.45) is 0. The second-order valence-corrected chi connectivity index (χ2v) is 5.34. The number of aryl methyl sites for hydroxylation is 1. The highest BCUT2D eigenvalue weighted by atomic mass is 19.1. The SMILES string of the molecule is CCOC(=O)CN(CC(C)C)C(=O)c1ccc(F)cc1C. The molecule has 0 N–H and O–H groups in total. The molecule has 4 nitrogen and oxygen atoms in total. The first-order valence-corrected chi connectivity index (χ1v) is 7.06. The summed E-state index contributed by atoms with van der Waals surface area (Å²) in [5.41, 5.74) is 0.957. The largest absolute Gasteiger partial charge is 0.465 e. The monoisotopic (exact) mass is 295 g/mol. The number of rotatable bonds is 6. The van der Waals surface area contributed by atoms with Crippen LogP contribution in [0.15, 0.2) is 18.2 Å². The summed E-state index contributed by atoms with van der Waals surface area (Å²) in [4.78, 5) is 25.6. The average molecular weight is 295 g/mol. The minimum Gasteiger partial charge on any atom is -0.465 e. The summed E-state index contributed by atoms with van der Waals surface area (Å²) in [5, 5.41) is 0. The van der Waals surface area contributed by atoms with Crippen molar-refractivity contribution in [3.05, 3.63) is 35.1 Å². The number of carbonyl (C=O) groups excluding carboxylic acids is 2. The molecule has 1 aromatic carbocycles. The molecule has 0 saturated heterocycles. The van der Waals surface area contributed by atoms with Gasteiger partial charge in [-0.05, 0) is 43.5 Å². The molecule has 0 aromatic heterocycles. The third-order valence-corrected chi connectivity index (χ3v) is 2.92. The molecule has 0 aliphatic carbocycles. The lowest BCUT2D eigenvalue weighted by molar-refractivity contribution is -0.143. The normalized spacial score (nSPS) is 10.6. The molecule has 1 rings (SSSR count). The van der Waals surface area contributed by atoms with Crippen LogP contribution in [0, 0.1) is 18.7 Å². The van der Waals surface area contributed by atoms with Crippen LogP contribution in [0.1, 0.15) is 36.7 Å². The van der Waals surface area contributed by atoms with E-state index in [1.165, 1.54) is 23.1 Å². The Labute approximate surface area is 124 Å². The number of nitrogens with zero attached hydrogens (tertiary/aromatic N) is 1. The number of halogens is 1. The molecule has 0 spiro atoms. The van der Waals surface area contributed by atoms with Crippen LogP contribution in [0.2, 0.25) is 0 Å². The molecule has 116 valence electrons. The number of carbonyl (C=O) groups is 2. The van der Waals surface area contributed by atoms with Gasteiger partial charge in [-0.25, -0.2) is 4.39 Å².